The zero-order valence-electron chi connectivity index (χ0n) is 15.2. The Balaban J connectivity index is 1.73. The Kier molecular flexibility index (Phi) is 4.78. The van der Waals surface area contributed by atoms with Gasteiger partial charge in [0.1, 0.15) is 5.69 Å². The third kappa shape index (κ3) is 3.52. The molecule has 30 heavy (non-hydrogen) atoms. The summed E-state index contributed by atoms with van der Waals surface area (Å²) in [6.45, 7) is 0. The number of alkyl halides is 3. The third-order valence-electron chi connectivity index (χ3n) is 5.09. The minimum Gasteiger partial charge on any atom is -0.273 e. The van der Waals surface area contributed by atoms with E-state index < -0.39 is 38.8 Å². The molecule has 4 rings (SSSR count). The monoisotopic (exact) mass is 454 g/mol. The van der Waals surface area contributed by atoms with Crippen LogP contribution in [0.1, 0.15) is 24.1 Å². The molecular weight excluding hydrogens is 441 g/mol. The van der Waals surface area contributed by atoms with Crippen LogP contribution in [0.2, 0.25) is 5.02 Å². The minimum atomic E-state index is -4.82. The normalized spacial score (nSPS) is 15.7. The number of hydrogen-bond acceptors (Lipinski definition) is 4. The van der Waals surface area contributed by atoms with Crippen LogP contribution in [0.25, 0.3) is 10.8 Å². The third-order valence-corrected chi connectivity index (χ3v) is 6.69. The number of nitrogens with one attached hydrogen (secondary N) is 1. The number of amides is 1. The summed E-state index contributed by atoms with van der Waals surface area (Å²) < 4.78 is 68.1. The molecule has 0 unspecified atom stereocenters. The summed E-state index contributed by atoms with van der Waals surface area (Å²) in [4.78, 5) is 16.1. The molecule has 0 saturated heterocycles. The molecule has 1 fully saturated rings. The molecule has 2 aromatic carbocycles. The molecule has 0 radical (unpaired) electrons. The largest absolute Gasteiger partial charge is 0.433 e. The van der Waals surface area contributed by atoms with Crippen LogP contribution < -0.4 is 4.72 Å². The van der Waals surface area contributed by atoms with Crippen molar-refractivity contribution in [2.45, 2.75) is 29.3 Å². The average molecular weight is 455 g/mol. The Morgan fingerprint density at radius 1 is 1.10 bits per heavy atom. The van der Waals surface area contributed by atoms with E-state index in [1.165, 1.54) is 12.1 Å². The molecule has 156 valence electrons. The lowest BCUT2D eigenvalue weighted by molar-refractivity contribution is -0.142. The Hall–Kier alpha value is -2.65. The maximum Gasteiger partial charge on any atom is 0.433 e. The first-order valence-corrected chi connectivity index (χ1v) is 10.7. The number of carbonyl (C=O) groups excluding carboxylic acids is 1. The van der Waals surface area contributed by atoms with Crippen molar-refractivity contribution in [3.05, 3.63) is 71.0 Å². The predicted molar refractivity (Wildman–Crippen MR) is 104 cm³/mol. The van der Waals surface area contributed by atoms with Crippen LogP contribution in [0.15, 0.2) is 59.6 Å². The van der Waals surface area contributed by atoms with E-state index in [1.54, 1.807) is 30.3 Å². The fourth-order valence-electron chi connectivity index (χ4n) is 3.48. The zero-order valence-corrected chi connectivity index (χ0v) is 16.8. The smallest absolute Gasteiger partial charge is 0.273 e. The lowest BCUT2D eigenvalue weighted by Gasteiger charge is -2.20. The fraction of sp³-hybridized carbons (Fsp3) is 0.200. The second-order valence-electron chi connectivity index (χ2n) is 7.04. The van der Waals surface area contributed by atoms with Gasteiger partial charge in [0.15, 0.2) is 0 Å². The SMILES string of the molecule is O=C(NS(=O)(=O)c1cccc2ccccc12)C1(c2cc(Cl)cnc2C(F)(F)F)CC1. The van der Waals surface area contributed by atoms with Crippen molar-refractivity contribution < 1.29 is 26.4 Å². The lowest BCUT2D eigenvalue weighted by Crippen LogP contribution is -2.40. The molecule has 1 N–H and O–H groups in total. The van der Waals surface area contributed by atoms with E-state index in [9.17, 15) is 26.4 Å². The molecule has 1 aliphatic carbocycles. The highest BCUT2D eigenvalue weighted by atomic mass is 35.5. The van der Waals surface area contributed by atoms with Crippen LogP contribution in [-0.2, 0) is 26.4 Å². The molecule has 5 nitrogen and oxygen atoms in total. The van der Waals surface area contributed by atoms with Crippen molar-refractivity contribution in [3.8, 4) is 0 Å². The molecular formula is C20H14ClF3N2O3S. The summed E-state index contributed by atoms with van der Waals surface area (Å²) in [5, 5.41) is 0.965. The zero-order chi connectivity index (χ0) is 21.7. The van der Waals surface area contributed by atoms with Crippen LogP contribution in [0.5, 0.6) is 0 Å². The van der Waals surface area contributed by atoms with Gasteiger partial charge in [-0.15, -0.1) is 0 Å². The fourth-order valence-corrected chi connectivity index (χ4v) is 4.92. The van der Waals surface area contributed by atoms with Crippen LogP contribution in [0, 0.1) is 0 Å². The molecule has 3 aromatic rings. The summed E-state index contributed by atoms with van der Waals surface area (Å²) in [5.41, 5.74) is -3.32. The molecule has 0 atom stereocenters. The number of pyridine rings is 1. The van der Waals surface area contributed by atoms with Gasteiger partial charge >= 0.3 is 6.18 Å². The van der Waals surface area contributed by atoms with Gasteiger partial charge in [0, 0.05) is 11.6 Å². The number of rotatable bonds is 4. The summed E-state index contributed by atoms with van der Waals surface area (Å²) >= 11 is 5.82. The first kappa shape index (κ1) is 20.6. The molecule has 0 spiro atoms. The van der Waals surface area contributed by atoms with Crippen molar-refractivity contribution in [1.82, 2.24) is 9.71 Å². The highest BCUT2D eigenvalue weighted by Crippen LogP contribution is 2.52. The summed E-state index contributed by atoms with van der Waals surface area (Å²) in [6, 6.07) is 12.3. The van der Waals surface area contributed by atoms with Gasteiger partial charge in [-0.2, -0.15) is 13.2 Å². The molecule has 1 amide bonds. The Labute approximate surface area is 174 Å². The van der Waals surface area contributed by atoms with Gasteiger partial charge in [-0.1, -0.05) is 48.0 Å². The van der Waals surface area contributed by atoms with Gasteiger partial charge in [-0.05, 0) is 35.9 Å². The van der Waals surface area contributed by atoms with Gasteiger partial charge in [0.2, 0.25) is 5.91 Å². The first-order valence-electron chi connectivity index (χ1n) is 8.83. The van der Waals surface area contributed by atoms with E-state index in [0.717, 1.165) is 12.3 Å². The number of sulfonamides is 1. The summed E-state index contributed by atoms with van der Waals surface area (Å²) in [5.74, 6) is -1.04. The predicted octanol–water partition coefficient (Wildman–Crippen LogP) is 4.44. The maximum atomic E-state index is 13.4. The molecule has 1 aromatic heterocycles. The summed E-state index contributed by atoms with van der Waals surface area (Å²) in [7, 11) is -4.33. The number of carbonyl (C=O) groups is 1. The Morgan fingerprint density at radius 2 is 1.77 bits per heavy atom. The number of fused-ring (bicyclic) bond motifs is 1. The van der Waals surface area contributed by atoms with Crippen LogP contribution in [0.3, 0.4) is 0 Å². The van der Waals surface area contributed by atoms with E-state index >= 15 is 0 Å². The number of halogens is 4. The molecule has 1 saturated carbocycles. The van der Waals surface area contributed by atoms with Gasteiger partial charge in [-0.25, -0.2) is 18.1 Å². The van der Waals surface area contributed by atoms with Crippen molar-refractivity contribution in [1.29, 1.82) is 0 Å². The summed E-state index contributed by atoms with van der Waals surface area (Å²) in [6.07, 6.45) is -3.87. The highest BCUT2D eigenvalue weighted by molar-refractivity contribution is 7.90. The van der Waals surface area contributed by atoms with Crippen molar-refractivity contribution in [3.63, 3.8) is 0 Å². The number of aromatic nitrogens is 1. The molecule has 0 aliphatic heterocycles. The van der Waals surface area contributed by atoms with Gasteiger partial charge in [-0.3, -0.25) is 4.79 Å². The number of benzene rings is 2. The topological polar surface area (TPSA) is 76.1 Å². The number of hydrogen-bond donors (Lipinski definition) is 1. The average Bonchev–Trinajstić information content (AvgIpc) is 3.48. The second-order valence-corrected chi connectivity index (χ2v) is 9.13. The molecule has 1 aliphatic rings. The van der Waals surface area contributed by atoms with Crippen LogP contribution >= 0.6 is 11.6 Å². The minimum absolute atomic E-state index is 0.0506. The Morgan fingerprint density at radius 3 is 2.43 bits per heavy atom. The van der Waals surface area contributed by atoms with E-state index in [0.29, 0.717) is 10.8 Å². The number of nitrogens with zero attached hydrogens (tertiary/aromatic N) is 1. The first-order chi connectivity index (χ1) is 14.0. The second kappa shape index (κ2) is 6.95. The molecule has 1 heterocycles. The van der Waals surface area contributed by atoms with E-state index in [2.05, 4.69) is 4.98 Å². The van der Waals surface area contributed by atoms with Crippen molar-refractivity contribution >= 4 is 38.3 Å². The maximum absolute atomic E-state index is 13.4. The van der Waals surface area contributed by atoms with Gasteiger partial charge in [0.25, 0.3) is 10.0 Å². The Bertz CT molecular complexity index is 1270. The van der Waals surface area contributed by atoms with Gasteiger partial charge in [0.05, 0.1) is 15.3 Å². The highest BCUT2D eigenvalue weighted by Gasteiger charge is 2.56. The van der Waals surface area contributed by atoms with Crippen LogP contribution in [0.4, 0.5) is 13.2 Å². The molecule has 0 bridgehead atoms. The standard InChI is InChI=1S/C20H14ClF3N2O3S/c21-13-10-15(17(25-11-13)20(22,23)24)19(8-9-19)18(27)26-30(28,29)16-7-3-5-12-4-1-2-6-14(12)16/h1-7,10-11H,8-9H2,(H,26,27). The van der Waals surface area contributed by atoms with E-state index in [1.807, 2.05) is 4.72 Å². The van der Waals surface area contributed by atoms with E-state index in [4.69, 9.17) is 11.6 Å². The van der Waals surface area contributed by atoms with Crippen molar-refractivity contribution in [2.75, 3.05) is 0 Å². The van der Waals surface area contributed by atoms with Crippen LogP contribution in [-0.4, -0.2) is 19.3 Å². The van der Waals surface area contributed by atoms with Gasteiger partial charge < -0.3 is 0 Å². The lowest BCUT2D eigenvalue weighted by atomic mass is 9.93. The molecule has 10 heteroatoms. The van der Waals surface area contributed by atoms with E-state index in [-0.39, 0.29) is 22.8 Å². The quantitative estimate of drug-likeness (QED) is 0.632. The van der Waals surface area contributed by atoms with Crippen molar-refractivity contribution in [2.24, 2.45) is 0 Å².